The molecule has 118 valence electrons. The lowest BCUT2D eigenvalue weighted by molar-refractivity contribution is -0.123. The minimum absolute atomic E-state index is 0.0250. The maximum Gasteiger partial charge on any atom is 0.248 e. The van der Waals surface area contributed by atoms with E-state index in [0.717, 1.165) is 5.56 Å². The van der Waals surface area contributed by atoms with Gasteiger partial charge in [0.25, 0.3) is 0 Å². The maximum absolute atomic E-state index is 12.3. The molecule has 0 bridgehead atoms. The molecule has 1 aromatic rings. The lowest BCUT2D eigenvalue weighted by Gasteiger charge is -2.07. The predicted octanol–water partition coefficient (Wildman–Crippen LogP) is 2.64. The third-order valence-electron chi connectivity index (χ3n) is 4.41. The summed E-state index contributed by atoms with van der Waals surface area (Å²) in [5.41, 5.74) is 7.90. The Morgan fingerprint density at radius 2 is 1.82 bits per heavy atom. The van der Waals surface area contributed by atoms with Gasteiger partial charge in [0.05, 0.1) is 5.92 Å². The van der Waals surface area contributed by atoms with Crippen molar-refractivity contribution in [2.75, 3.05) is 0 Å². The van der Waals surface area contributed by atoms with Crippen LogP contribution in [0.15, 0.2) is 35.9 Å². The highest BCUT2D eigenvalue weighted by Crippen LogP contribution is 2.59. The molecule has 4 heteroatoms. The molecule has 2 unspecified atom stereocenters. The Kier molecular flexibility index (Phi) is 4.40. The summed E-state index contributed by atoms with van der Waals surface area (Å²) < 4.78 is 0. The van der Waals surface area contributed by atoms with Gasteiger partial charge < -0.3 is 11.1 Å². The number of carbonyl (C=O) groups is 2. The van der Waals surface area contributed by atoms with Crippen LogP contribution in [-0.4, -0.2) is 11.8 Å². The summed E-state index contributed by atoms with van der Waals surface area (Å²) in [6, 6.07) is 6.98. The van der Waals surface area contributed by atoms with Crippen molar-refractivity contribution in [3.05, 3.63) is 47.0 Å². The molecule has 22 heavy (non-hydrogen) atoms. The van der Waals surface area contributed by atoms with E-state index in [1.807, 2.05) is 12.1 Å². The Bertz CT molecular complexity index is 610. The summed E-state index contributed by atoms with van der Waals surface area (Å²) in [7, 11) is 0. The molecule has 2 atom stereocenters. The van der Waals surface area contributed by atoms with Crippen molar-refractivity contribution in [3.63, 3.8) is 0 Å². The number of benzene rings is 1. The molecule has 2 amide bonds. The van der Waals surface area contributed by atoms with Gasteiger partial charge in [-0.3, -0.25) is 9.59 Å². The van der Waals surface area contributed by atoms with Crippen molar-refractivity contribution < 1.29 is 9.59 Å². The Morgan fingerprint density at radius 3 is 2.32 bits per heavy atom. The minimum atomic E-state index is -0.445. The fraction of sp³-hybridized carbons (Fsp3) is 0.444. The molecule has 0 heterocycles. The highest BCUT2D eigenvalue weighted by Gasteiger charge is 2.60. The van der Waals surface area contributed by atoms with Gasteiger partial charge in [-0.05, 0) is 42.9 Å². The van der Waals surface area contributed by atoms with Crippen molar-refractivity contribution in [2.45, 2.75) is 34.2 Å². The van der Waals surface area contributed by atoms with E-state index in [1.54, 1.807) is 12.1 Å². The SMILES string of the molecule is CC(C)=CC1C(C(=O)NCc2ccc(C(N)=O)cc2)C1(C)C. The third kappa shape index (κ3) is 3.38. The average molecular weight is 300 g/mol. The second-order valence-electron chi connectivity index (χ2n) is 6.85. The van der Waals surface area contributed by atoms with E-state index in [0.29, 0.717) is 18.0 Å². The van der Waals surface area contributed by atoms with E-state index in [1.165, 1.54) is 5.57 Å². The van der Waals surface area contributed by atoms with Crippen molar-refractivity contribution in [1.29, 1.82) is 0 Å². The number of amides is 2. The zero-order chi connectivity index (χ0) is 16.5. The first-order valence-electron chi connectivity index (χ1n) is 7.55. The van der Waals surface area contributed by atoms with E-state index in [4.69, 9.17) is 5.73 Å². The van der Waals surface area contributed by atoms with Gasteiger partial charge in [0.2, 0.25) is 11.8 Å². The molecule has 1 aromatic carbocycles. The third-order valence-corrected chi connectivity index (χ3v) is 4.41. The quantitative estimate of drug-likeness (QED) is 0.821. The molecular weight excluding hydrogens is 276 g/mol. The number of nitrogens with two attached hydrogens (primary N) is 1. The van der Waals surface area contributed by atoms with Crippen LogP contribution in [0.25, 0.3) is 0 Å². The molecule has 3 N–H and O–H groups in total. The molecule has 0 aliphatic heterocycles. The van der Waals surface area contributed by atoms with Crippen LogP contribution in [0.5, 0.6) is 0 Å². The van der Waals surface area contributed by atoms with Gasteiger partial charge in [-0.15, -0.1) is 0 Å². The van der Waals surface area contributed by atoms with Gasteiger partial charge in [-0.25, -0.2) is 0 Å². The maximum atomic E-state index is 12.3. The van der Waals surface area contributed by atoms with Gasteiger partial charge in [-0.2, -0.15) is 0 Å². The molecule has 1 aliphatic rings. The molecule has 0 spiro atoms. The van der Waals surface area contributed by atoms with Gasteiger partial charge in [-0.1, -0.05) is 37.6 Å². The van der Waals surface area contributed by atoms with Crippen molar-refractivity contribution >= 4 is 11.8 Å². The van der Waals surface area contributed by atoms with Crippen LogP contribution >= 0.6 is 0 Å². The van der Waals surface area contributed by atoms with Gasteiger partial charge >= 0.3 is 0 Å². The molecule has 1 aliphatic carbocycles. The second-order valence-corrected chi connectivity index (χ2v) is 6.85. The van der Waals surface area contributed by atoms with Gasteiger partial charge in [0, 0.05) is 12.1 Å². The normalized spacial score (nSPS) is 21.8. The Balaban J connectivity index is 1.93. The topological polar surface area (TPSA) is 72.2 Å². The molecule has 2 rings (SSSR count). The number of hydrogen-bond acceptors (Lipinski definition) is 2. The summed E-state index contributed by atoms with van der Waals surface area (Å²) in [6.45, 7) is 8.84. The fourth-order valence-corrected chi connectivity index (χ4v) is 2.93. The van der Waals surface area contributed by atoms with Crippen LogP contribution in [-0.2, 0) is 11.3 Å². The molecule has 0 radical (unpaired) electrons. The first kappa shape index (κ1) is 16.3. The molecular formula is C18H24N2O2. The Morgan fingerprint density at radius 1 is 1.23 bits per heavy atom. The Hall–Kier alpha value is -2.10. The first-order valence-corrected chi connectivity index (χ1v) is 7.55. The Labute approximate surface area is 131 Å². The summed E-state index contributed by atoms with van der Waals surface area (Å²) >= 11 is 0. The van der Waals surface area contributed by atoms with Crippen molar-refractivity contribution in [3.8, 4) is 0 Å². The minimum Gasteiger partial charge on any atom is -0.366 e. The number of primary amides is 1. The van der Waals surface area contributed by atoms with E-state index in [9.17, 15) is 9.59 Å². The average Bonchev–Trinajstić information content (AvgIpc) is 2.96. The summed E-state index contributed by atoms with van der Waals surface area (Å²) in [5, 5.41) is 2.98. The zero-order valence-electron chi connectivity index (χ0n) is 13.6. The standard InChI is InChI=1S/C18H24N2O2/c1-11(2)9-14-15(18(14,3)4)17(22)20-10-12-5-7-13(8-6-12)16(19)21/h5-9,14-15H,10H2,1-4H3,(H2,19,21)(H,20,22). The monoisotopic (exact) mass is 300 g/mol. The second kappa shape index (κ2) is 5.95. The van der Waals surface area contributed by atoms with Crippen LogP contribution < -0.4 is 11.1 Å². The highest BCUT2D eigenvalue weighted by atomic mass is 16.2. The van der Waals surface area contributed by atoms with Crippen LogP contribution in [0.4, 0.5) is 0 Å². The van der Waals surface area contributed by atoms with E-state index >= 15 is 0 Å². The van der Waals surface area contributed by atoms with E-state index < -0.39 is 5.91 Å². The first-order chi connectivity index (χ1) is 10.2. The van der Waals surface area contributed by atoms with Crippen molar-refractivity contribution in [2.24, 2.45) is 23.0 Å². The summed E-state index contributed by atoms with van der Waals surface area (Å²) in [4.78, 5) is 23.4. The lowest BCUT2D eigenvalue weighted by atomic mass is 10.1. The smallest absolute Gasteiger partial charge is 0.248 e. The summed E-state index contributed by atoms with van der Waals surface area (Å²) in [6.07, 6.45) is 2.19. The van der Waals surface area contributed by atoms with Crippen LogP contribution in [0.2, 0.25) is 0 Å². The number of nitrogens with one attached hydrogen (secondary N) is 1. The lowest BCUT2D eigenvalue weighted by Crippen LogP contribution is -2.26. The number of rotatable bonds is 5. The van der Waals surface area contributed by atoms with E-state index in [2.05, 4.69) is 39.1 Å². The van der Waals surface area contributed by atoms with Crippen LogP contribution in [0.1, 0.15) is 43.6 Å². The highest BCUT2D eigenvalue weighted by molar-refractivity contribution is 5.92. The van der Waals surface area contributed by atoms with Crippen LogP contribution in [0.3, 0.4) is 0 Å². The number of hydrogen-bond donors (Lipinski definition) is 2. The molecule has 1 fully saturated rings. The van der Waals surface area contributed by atoms with Gasteiger partial charge in [0.15, 0.2) is 0 Å². The fourth-order valence-electron chi connectivity index (χ4n) is 2.93. The largest absolute Gasteiger partial charge is 0.366 e. The zero-order valence-corrected chi connectivity index (χ0v) is 13.6. The molecule has 1 saturated carbocycles. The van der Waals surface area contributed by atoms with E-state index in [-0.39, 0.29) is 17.2 Å². The molecule has 4 nitrogen and oxygen atoms in total. The molecule has 0 aromatic heterocycles. The predicted molar refractivity (Wildman–Crippen MR) is 87.0 cm³/mol. The van der Waals surface area contributed by atoms with Crippen molar-refractivity contribution in [1.82, 2.24) is 5.32 Å². The molecule has 0 saturated heterocycles. The van der Waals surface area contributed by atoms with Gasteiger partial charge in [0.1, 0.15) is 0 Å². The number of carbonyl (C=O) groups excluding carboxylic acids is 2. The number of allylic oxidation sites excluding steroid dienone is 2. The summed E-state index contributed by atoms with van der Waals surface area (Å²) in [5.74, 6) is -0.00612. The van der Waals surface area contributed by atoms with Crippen LogP contribution in [0, 0.1) is 17.3 Å².